The predicted octanol–water partition coefficient (Wildman–Crippen LogP) is 3.15. The summed E-state index contributed by atoms with van der Waals surface area (Å²) in [5, 5.41) is 11.7. The summed E-state index contributed by atoms with van der Waals surface area (Å²) in [5.74, 6) is 1.08. The maximum Gasteiger partial charge on any atom is 0.251 e. The molecule has 1 fully saturated rings. The van der Waals surface area contributed by atoms with Crippen molar-refractivity contribution in [1.29, 1.82) is 5.26 Å². The van der Waals surface area contributed by atoms with Gasteiger partial charge in [-0.25, -0.2) is 4.99 Å². The quantitative estimate of drug-likeness (QED) is 0.372. The highest BCUT2D eigenvalue weighted by Crippen LogP contribution is 2.47. The molecule has 0 unspecified atom stereocenters. The molecule has 1 spiro atoms. The van der Waals surface area contributed by atoms with Gasteiger partial charge in [-0.1, -0.05) is 11.8 Å². The summed E-state index contributed by atoms with van der Waals surface area (Å²) in [6.45, 7) is 0. The van der Waals surface area contributed by atoms with Crippen LogP contribution in [0.15, 0.2) is 23.2 Å². The van der Waals surface area contributed by atoms with Crippen LogP contribution in [0.1, 0.15) is 25.7 Å². The van der Waals surface area contributed by atoms with Gasteiger partial charge in [0.25, 0.3) is 5.79 Å². The molecule has 1 aliphatic carbocycles. The van der Waals surface area contributed by atoms with Crippen LogP contribution in [0.3, 0.4) is 0 Å². The molecule has 2 aliphatic rings. The average Bonchev–Trinajstić information content (AvgIpc) is 3.04. The van der Waals surface area contributed by atoms with E-state index in [1.54, 1.807) is 0 Å². The standard InChI is InChI=1S/C14H15N3O2S/c1-20-13(16-9-15)17-10-4-5-11-12(8-10)19-14(18-11)6-2-3-7-14/h4-5,8H,2-3,6-7H2,1H3,(H,16,17). The number of thioether (sulfide) groups is 1. The Morgan fingerprint density at radius 3 is 2.80 bits per heavy atom. The fourth-order valence-electron chi connectivity index (χ4n) is 2.56. The number of rotatable bonds is 1. The zero-order valence-corrected chi connectivity index (χ0v) is 12.0. The van der Waals surface area contributed by atoms with Crippen LogP contribution in [0, 0.1) is 11.5 Å². The molecule has 0 aromatic heterocycles. The van der Waals surface area contributed by atoms with E-state index in [1.807, 2.05) is 30.6 Å². The summed E-state index contributed by atoms with van der Waals surface area (Å²) < 4.78 is 11.9. The molecule has 0 bridgehead atoms. The second kappa shape index (κ2) is 5.25. The molecule has 6 heteroatoms. The van der Waals surface area contributed by atoms with Crippen LogP contribution in [0.25, 0.3) is 0 Å². The van der Waals surface area contributed by atoms with Crippen LogP contribution < -0.4 is 14.8 Å². The summed E-state index contributed by atoms with van der Waals surface area (Å²) in [6, 6.07) is 5.61. The Labute approximate surface area is 122 Å². The third-order valence-electron chi connectivity index (χ3n) is 3.47. The molecule has 104 valence electrons. The monoisotopic (exact) mass is 289 g/mol. The molecule has 1 aromatic rings. The molecule has 1 heterocycles. The molecule has 0 atom stereocenters. The lowest BCUT2D eigenvalue weighted by Gasteiger charge is -2.21. The highest BCUT2D eigenvalue weighted by atomic mass is 32.2. The average molecular weight is 289 g/mol. The second-order valence-corrected chi connectivity index (χ2v) is 5.61. The third-order valence-corrected chi connectivity index (χ3v) is 4.05. The minimum absolute atomic E-state index is 0.447. The maximum absolute atomic E-state index is 8.64. The van der Waals surface area contributed by atoms with Gasteiger partial charge in [-0.15, -0.1) is 0 Å². The van der Waals surface area contributed by atoms with E-state index in [1.165, 1.54) is 11.8 Å². The van der Waals surface area contributed by atoms with Crippen LogP contribution >= 0.6 is 11.8 Å². The minimum atomic E-state index is -0.447. The molecule has 1 N–H and O–H groups in total. The van der Waals surface area contributed by atoms with Crippen LogP contribution in [0.4, 0.5) is 5.69 Å². The van der Waals surface area contributed by atoms with Crippen molar-refractivity contribution < 1.29 is 9.47 Å². The van der Waals surface area contributed by atoms with Crippen LogP contribution in [0.5, 0.6) is 11.5 Å². The SMILES string of the molecule is CSC(=Nc1ccc2c(c1)OC1(CCCC1)O2)NC#N. The van der Waals surface area contributed by atoms with Crippen molar-refractivity contribution in [3.05, 3.63) is 18.2 Å². The smallest absolute Gasteiger partial charge is 0.251 e. The first-order valence-electron chi connectivity index (χ1n) is 6.54. The van der Waals surface area contributed by atoms with E-state index >= 15 is 0 Å². The summed E-state index contributed by atoms with van der Waals surface area (Å²) in [7, 11) is 0. The molecular formula is C14H15N3O2S. The summed E-state index contributed by atoms with van der Waals surface area (Å²) >= 11 is 1.39. The molecule has 0 amide bonds. The van der Waals surface area contributed by atoms with Crippen molar-refractivity contribution in [2.24, 2.45) is 4.99 Å². The van der Waals surface area contributed by atoms with Crippen molar-refractivity contribution in [2.45, 2.75) is 31.5 Å². The number of nitrogens with zero attached hydrogens (tertiary/aromatic N) is 2. The number of fused-ring (bicyclic) bond motifs is 1. The van der Waals surface area contributed by atoms with E-state index in [0.29, 0.717) is 5.17 Å². The second-order valence-electron chi connectivity index (χ2n) is 4.81. The number of ether oxygens (including phenoxy) is 2. The van der Waals surface area contributed by atoms with Gasteiger partial charge in [0.1, 0.15) is 0 Å². The molecule has 1 aliphatic heterocycles. The molecule has 1 aromatic carbocycles. The Hall–Kier alpha value is -1.87. The van der Waals surface area contributed by atoms with Gasteiger partial charge < -0.3 is 9.47 Å². The van der Waals surface area contributed by atoms with Gasteiger partial charge >= 0.3 is 0 Å². The fourth-order valence-corrected chi connectivity index (χ4v) is 2.90. The number of amidine groups is 1. The lowest BCUT2D eigenvalue weighted by molar-refractivity contribution is -0.0716. The molecule has 0 saturated heterocycles. The molecular weight excluding hydrogens is 274 g/mol. The van der Waals surface area contributed by atoms with Crippen LogP contribution in [-0.4, -0.2) is 17.2 Å². The van der Waals surface area contributed by atoms with Gasteiger partial charge in [0, 0.05) is 18.9 Å². The van der Waals surface area contributed by atoms with Crippen LogP contribution in [-0.2, 0) is 0 Å². The Balaban J connectivity index is 1.84. The predicted molar refractivity (Wildman–Crippen MR) is 78.3 cm³/mol. The summed E-state index contributed by atoms with van der Waals surface area (Å²) in [4.78, 5) is 4.37. The number of hydrogen-bond acceptors (Lipinski definition) is 5. The fraction of sp³-hybridized carbons (Fsp3) is 0.429. The normalized spacial score (nSPS) is 19.1. The van der Waals surface area contributed by atoms with E-state index in [0.717, 1.165) is 42.9 Å². The maximum atomic E-state index is 8.64. The number of aliphatic imine (C=N–C) groups is 1. The first kappa shape index (κ1) is 13.1. The number of hydrogen-bond donors (Lipinski definition) is 1. The first-order chi connectivity index (χ1) is 9.74. The summed E-state index contributed by atoms with van der Waals surface area (Å²) in [5.41, 5.74) is 0.745. The van der Waals surface area contributed by atoms with Crippen molar-refractivity contribution in [3.63, 3.8) is 0 Å². The largest absolute Gasteiger partial charge is 0.448 e. The topological polar surface area (TPSA) is 66.6 Å². The molecule has 20 heavy (non-hydrogen) atoms. The van der Waals surface area contributed by atoms with Crippen molar-refractivity contribution in [1.82, 2.24) is 5.32 Å². The van der Waals surface area contributed by atoms with Gasteiger partial charge in [-0.05, 0) is 31.2 Å². The van der Waals surface area contributed by atoms with E-state index in [9.17, 15) is 0 Å². The van der Waals surface area contributed by atoms with Crippen molar-refractivity contribution >= 4 is 22.6 Å². The van der Waals surface area contributed by atoms with Crippen LogP contribution in [0.2, 0.25) is 0 Å². The Morgan fingerprint density at radius 1 is 1.35 bits per heavy atom. The Bertz CT molecular complexity index is 589. The van der Waals surface area contributed by atoms with Gasteiger partial charge in [0.05, 0.1) is 5.69 Å². The third kappa shape index (κ3) is 2.41. The van der Waals surface area contributed by atoms with Gasteiger partial charge in [-0.3, -0.25) is 5.32 Å². The Kier molecular flexibility index (Phi) is 3.45. The lowest BCUT2D eigenvalue weighted by Crippen LogP contribution is -2.34. The van der Waals surface area contributed by atoms with Gasteiger partial charge in [0.2, 0.25) is 0 Å². The first-order valence-corrected chi connectivity index (χ1v) is 7.77. The molecule has 1 saturated carbocycles. The highest BCUT2D eigenvalue weighted by molar-refractivity contribution is 8.13. The van der Waals surface area contributed by atoms with Crippen molar-refractivity contribution in [2.75, 3.05) is 6.26 Å². The zero-order valence-electron chi connectivity index (χ0n) is 11.2. The Morgan fingerprint density at radius 2 is 2.10 bits per heavy atom. The highest BCUT2D eigenvalue weighted by Gasteiger charge is 2.44. The molecule has 0 radical (unpaired) electrons. The summed E-state index contributed by atoms with van der Waals surface area (Å²) in [6.07, 6.45) is 7.89. The number of nitrogens with one attached hydrogen (secondary N) is 1. The lowest BCUT2D eigenvalue weighted by atomic mass is 10.2. The molecule has 5 nitrogen and oxygen atoms in total. The van der Waals surface area contributed by atoms with E-state index in [-0.39, 0.29) is 0 Å². The van der Waals surface area contributed by atoms with Crippen molar-refractivity contribution in [3.8, 4) is 17.7 Å². The van der Waals surface area contributed by atoms with E-state index < -0.39 is 5.79 Å². The number of benzene rings is 1. The van der Waals surface area contributed by atoms with Gasteiger partial charge in [-0.2, -0.15) is 5.26 Å². The minimum Gasteiger partial charge on any atom is -0.448 e. The van der Waals surface area contributed by atoms with Gasteiger partial charge in [0.15, 0.2) is 22.9 Å². The number of nitriles is 1. The van der Waals surface area contributed by atoms with E-state index in [2.05, 4.69) is 10.3 Å². The van der Waals surface area contributed by atoms with E-state index in [4.69, 9.17) is 14.7 Å². The molecule has 3 rings (SSSR count). The zero-order chi connectivity index (χ0) is 14.0.